The van der Waals surface area contributed by atoms with Gasteiger partial charge in [-0.1, -0.05) is 49.2 Å². The predicted octanol–water partition coefficient (Wildman–Crippen LogP) is 4.20. The van der Waals surface area contributed by atoms with Crippen molar-refractivity contribution < 1.29 is 18.0 Å². The van der Waals surface area contributed by atoms with Crippen LogP contribution in [0.3, 0.4) is 0 Å². The van der Waals surface area contributed by atoms with E-state index in [1.807, 2.05) is 6.92 Å². The Balaban J connectivity index is 2.36. The van der Waals surface area contributed by atoms with Crippen LogP contribution in [0, 0.1) is 0 Å². The Kier molecular flexibility index (Phi) is 10.2. The third-order valence-corrected chi connectivity index (χ3v) is 7.07. The molecular formula is C23H29BrClN3O4S. The van der Waals surface area contributed by atoms with Crippen molar-refractivity contribution in [1.29, 1.82) is 0 Å². The molecule has 180 valence electrons. The highest BCUT2D eigenvalue weighted by atomic mass is 79.9. The fraction of sp³-hybridized carbons (Fsp3) is 0.391. The van der Waals surface area contributed by atoms with Crippen LogP contribution in [0.2, 0.25) is 5.02 Å². The summed E-state index contributed by atoms with van der Waals surface area (Å²) in [7, 11) is -3.78. The Labute approximate surface area is 209 Å². The highest BCUT2D eigenvalue weighted by Gasteiger charge is 2.30. The summed E-state index contributed by atoms with van der Waals surface area (Å²) in [5.41, 5.74) is 1.08. The Morgan fingerprint density at radius 2 is 1.85 bits per heavy atom. The number of nitrogens with one attached hydrogen (secondary N) is 1. The third-order valence-electron chi connectivity index (χ3n) is 5.04. The number of halogens is 2. The fourth-order valence-corrected chi connectivity index (χ4v) is 4.89. The van der Waals surface area contributed by atoms with E-state index in [1.54, 1.807) is 55.5 Å². The Morgan fingerprint density at radius 1 is 1.15 bits per heavy atom. The molecule has 2 aromatic rings. The number of sulfonamides is 1. The van der Waals surface area contributed by atoms with E-state index >= 15 is 0 Å². The number of hydrogen-bond donors (Lipinski definition) is 1. The van der Waals surface area contributed by atoms with Crippen LogP contribution in [-0.4, -0.2) is 50.5 Å². The summed E-state index contributed by atoms with van der Waals surface area (Å²) in [5, 5.41) is 3.35. The predicted molar refractivity (Wildman–Crippen MR) is 136 cm³/mol. The Morgan fingerprint density at radius 3 is 2.45 bits per heavy atom. The quantitative estimate of drug-likeness (QED) is 0.419. The number of benzene rings is 2. The number of hydrogen-bond acceptors (Lipinski definition) is 4. The topological polar surface area (TPSA) is 86.8 Å². The number of unbranched alkanes of at least 4 members (excludes halogenated alkanes) is 1. The second kappa shape index (κ2) is 12.4. The zero-order chi connectivity index (χ0) is 24.6. The number of rotatable bonds is 11. The van der Waals surface area contributed by atoms with Crippen LogP contribution >= 0.6 is 27.5 Å². The van der Waals surface area contributed by atoms with Gasteiger partial charge in [0.1, 0.15) is 12.6 Å². The minimum Gasteiger partial charge on any atom is -0.354 e. The molecule has 33 heavy (non-hydrogen) atoms. The van der Waals surface area contributed by atoms with Gasteiger partial charge in [0, 0.05) is 22.6 Å². The molecule has 0 saturated carbocycles. The average Bonchev–Trinajstić information content (AvgIpc) is 2.75. The van der Waals surface area contributed by atoms with Gasteiger partial charge in [-0.3, -0.25) is 13.9 Å². The lowest BCUT2D eigenvalue weighted by atomic mass is 10.1. The summed E-state index contributed by atoms with van der Waals surface area (Å²) in [6.07, 6.45) is 2.79. The lowest BCUT2D eigenvalue weighted by Crippen LogP contribution is -2.51. The maximum atomic E-state index is 13.4. The molecule has 0 fully saturated rings. The molecule has 1 N–H and O–H groups in total. The van der Waals surface area contributed by atoms with Gasteiger partial charge in [0.05, 0.1) is 11.9 Å². The lowest BCUT2D eigenvalue weighted by Gasteiger charge is -2.31. The van der Waals surface area contributed by atoms with Gasteiger partial charge < -0.3 is 10.2 Å². The molecule has 1 unspecified atom stereocenters. The van der Waals surface area contributed by atoms with Crippen molar-refractivity contribution in [2.75, 3.05) is 23.7 Å². The number of carbonyl (C=O) groups excluding carboxylic acids is 2. The van der Waals surface area contributed by atoms with Gasteiger partial charge in [-0.05, 0) is 59.1 Å². The Hall–Kier alpha value is -2.10. The highest BCUT2D eigenvalue weighted by Crippen LogP contribution is 2.28. The van der Waals surface area contributed by atoms with E-state index in [9.17, 15) is 18.0 Å². The molecule has 1 atom stereocenters. The molecule has 0 aromatic heterocycles. The zero-order valence-electron chi connectivity index (χ0n) is 18.9. The van der Waals surface area contributed by atoms with Crippen LogP contribution in [-0.2, 0) is 26.2 Å². The average molecular weight is 559 g/mol. The second-order valence-corrected chi connectivity index (χ2v) is 10.9. The second-order valence-electron chi connectivity index (χ2n) is 7.69. The molecule has 2 amide bonds. The lowest BCUT2D eigenvalue weighted by molar-refractivity contribution is -0.139. The van der Waals surface area contributed by atoms with Crippen molar-refractivity contribution in [3.05, 3.63) is 63.6 Å². The van der Waals surface area contributed by atoms with Crippen LogP contribution in [0.15, 0.2) is 53.0 Å². The van der Waals surface area contributed by atoms with Crippen LogP contribution in [0.1, 0.15) is 32.3 Å². The minimum atomic E-state index is -3.78. The van der Waals surface area contributed by atoms with Crippen molar-refractivity contribution in [3.63, 3.8) is 0 Å². The molecule has 2 rings (SSSR count). The smallest absolute Gasteiger partial charge is 0.244 e. The number of nitrogens with zero attached hydrogens (tertiary/aromatic N) is 2. The monoisotopic (exact) mass is 557 g/mol. The number of carbonyl (C=O) groups is 2. The fourth-order valence-electron chi connectivity index (χ4n) is 3.20. The first-order chi connectivity index (χ1) is 15.5. The number of amides is 2. The molecule has 2 aromatic carbocycles. The van der Waals surface area contributed by atoms with E-state index in [0.717, 1.165) is 29.0 Å². The SMILES string of the molecule is CCCCNC(=O)C(C)N(Cc1cccc(Cl)c1)C(=O)CN(c1ccccc1Br)S(C)(=O)=O. The van der Waals surface area contributed by atoms with Gasteiger partial charge in [0.2, 0.25) is 21.8 Å². The van der Waals surface area contributed by atoms with Crippen LogP contribution in [0.5, 0.6) is 0 Å². The van der Waals surface area contributed by atoms with E-state index in [4.69, 9.17) is 11.6 Å². The summed E-state index contributed by atoms with van der Waals surface area (Å²) < 4.78 is 26.7. The molecule has 0 heterocycles. The molecule has 0 bridgehead atoms. The molecule has 0 spiro atoms. The standard InChI is InChI=1S/C23H29BrClN3O4S/c1-4-5-13-26-23(30)17(2)27(15-18-9-8-10-19(25)14-18)22(29)16-28(33(3,31)32)21-12-7-6-11-20(21)24/h6-12,14,17H,4-5,13,15-16H2,1-3H3,(H,26,30). The maximum absolute atomic E-state index is 13.4. The van der Waals surface area contributed by atoms with E-state index in [2.05, 4.69) is 21.2 Å². The Bertz CT molecular complexity index is 1080. The molecule has 0 aliphatic heterocycles. The van der Waals surface area contributed by atoms with Gasteiger partial charge in [-0.2, -0.15) is 0 Å². The van der Waals surface area contributed by atoms with E-state index in [-0.39, 0.29) is 12.5 Å². The van der Waals surface area contributed by atoms with Gasteiger partial charge in [0.15, 0.2) is 0 Å². The number of anilines is 1. The summed E-state index contributed by atoms with van der Waals surface area (Å²) >= 11 is 9.46. The van der Waals surface area contributed by atoms with Crippen LogP contribution in [0.25, 0.3) is 0 Å². The normalized spacial score (nSPS) is 12.2. The van der Waals surface area contributed by atoms with E-state index in [1.165, 1.54) is 4.90 Å². The van der Waals surface area contributed by atoms with Gasteiger partial charge >= 0.3 is 0 Å². The minimum absolute atomic E-state index is 0.106. The summed E-state index contributed by atoms with van der Waals surface area (Å²) in [4.78, 5) is 27.6. The zero-order valence-corrected chi connectivity index (χ0v) is 22.1. The van der Waals surface area contributed by atoms with Crippen LogP contribution < -0.4 is 9.62 Å². The first-order valence-corrected chi connectivity index (χ1v) is 13.6. The van der Waals surface area contributed by atoms with Crippen molar-refractivity contribution in [3.8, 4) is 0 Å². The maximum Gasteiger partial charge on any atom is 0.244 e. The largest absolute Gasteiger partial charge is 0.354 e. The highest BCUT2D eigenvalue weighted by molar-refractivity contribution is 9.10. The molecule has 0 aliphatic carbocycles. The van der Waals surface area contributed by atoms with Gasteiger partial charge in [0.25, 0.3) is 0 Å². The van der Waals surface area contributed by atoms with Gasteiger partial charge in [-0.15, -0.1) is 0 Å². The molecule has 10 heteroatoms. The molecule has 0 saturated heterocycles. The molecular weight excluding hydrogens is 530 g/mol. The summed E-state index contributed by atoms with van der Waals surface area (Å²) in [5.74, 6) is -0.806. The van der Waals surface area contributed by atoms with E-state index < -0.39 is 28.5 Å². The van der Waals surface area contributed by atoms with Crippen molar-refractivity contribution in [2.45, 2.75) is 39.3 Å². The summed E-state index contributed by atoms with van der Waals surface area (Å²) in [6.45, 7) is 3.81. The van der Waals surface area contributed by atoms with Crippen LogP contribution in [0.4, 0.5) is 5.69 Å². The first-order valence-electron chi connectivity index (χ1n) is 10.6. The summed E-state index contributed by atoms with van der Waals surface area (Å²) in [6, 6.07) is 12.9. The third kappa shape index (κ3) is 8.01. The first kappa shape index (κ1) is 27.1. The number of para-hydroxylation sites is 1. The van der Waals surface area contributed by atoms with Gasteiger partial charge in [-0.25, -0.2) is 8.42 Å². The molecule has 0 aliphatic rings. The van der Waals surface area contributed by atoms with Crippen molar-refractivity contribution in [2.24, 2.45) is 0 Å². The van der Waals surface area contributed by atoms with Crippen molar-refractivity contribution in [1.82, 2.24) is 10.2 Å². The van der Waals surface area contributed by atoms with Crippen molar-refractivity contribution >= 4 is 55.1 Å². The molecule has 0 radical (unpaired) electrons. The molecule has 7 nitrogen and oxygen atoms in total. The van der Waals surface area contributed by atoms with E-state index in [0.29, 0.717) is 21.7 Å².